The fourth-order valence-corrected chi connectivity index (χ4v) is 2.97. The molecule has 1 amide bonds. The summed E-state index contributed by atoms with van der Waals surface area (Å²) in [5.41, 5.74) is 2.34. The van der Waals surface area contributed by atoms with Crippen LogP contribution < -0.4 is 5.32 Å². The third kappa shape index (κ3) is 3.24. The van der Waals surface area contributed by atoms with Crippen LogP contribution in [0.1, 0.15) is 18.9 Å². The monoisotopic (exact) mass is 278 g/mol. The fraction of sp³-hybridized carbons (Fsp3) is 0.533. The summed E-state index contributed by atoms with van der Waals surface area (Å²) in [5.74, 6) is 1.29. The van der Waals surface area contributed by atoms with Gasteiger partial charge in [0.2, 0.25) is 5.91 Å². The summed E-state index contributed by atoms with van der Waals surface area (Å²) in [6.07, 6.45) is 3.95. The maximum absolute atomic E-state index is 12.5. The van der Waals surface area contributed by atoms with Crippen molar-refractivity contribution < 1.29 is 4.79 Å². The molecule has 1 heterocycles. The molecule has 0 saturated carbocycles. The van der Waals surface area contributed by atoms with Crippen molar-refractivity contribution in [3.63, 3.8) is 0 Å². The van der Waals surface area contributed by atoms with Crippen molar-refractivity contribution in [2.45, 2.75) is 31.8 Å². The van der Waals surface area contributed by atoms with Crippen molar-refractivity contribution in [2.24, 2.45) is 0 Å². The number of para-hydroxylation sites is 1. The molecule has 1 aromatic carbocycles. The predicted molar refractivity (Wildman–Crippen MR) is 82.8 cm³/mol. The number of carbonyl (C=O) groups is 1. The average Bonchev–Trinajstić information content (AvgIpc) is 2.86. The molecular weight excluding hydrogens is 256 g/mol. The number of hydrogen-bond donors (Lipinski definition) is 1. The van der Waals surface area contributed by atoms with Gasteiger partial charge in [0, 0.05) is 25.2 Å². The molecule has 0 radical (unpaired) electrons. The summed E-state index contributed by atoms with van der Waals surface area (Å²) in [6, 6.07) is 8.36. The van der Waals surface area contributed by atoms with Crippen LogP contribution >= 0.6 is 11.8 Å². The van der Waals surface area contributed by atoms with E-state index in [1.54, 1.807) is 0 Å². The van der Waals surface area contributed by atoms with Crippen molar-refractivity contribution in [3.05, 3.63) is 29.8 Å². The van der Waals surface area contributed by atoms with Crippen LogP contribution in [-0.2, 0) is 11.2 Å². The number of hydrogen-bond acceptors (Lipinski definition) is 3. The summed E-state index contributed by atoms with van der Waals surface area (Å²) in [5, 5.41) is 3.33. The minimum atomic E-state index is -0.0980. The van der Waals surface area contributed by atoms with Gasteiger partial charge in [0.25, 0.3) is 0 Å². The number of rotatable bonds is 5. The zero-order valence-electron chi connectivity index (χ0n) is 11.8. The van der Waals surface area contributed by atoms with Crippen molar-refractivity contribution in [2.75, 3.05) is 24.4 Å². The largest absolute Gasteiger partial charge is 0.373 e. The van der Waals surface area contributed by atoms with Gasteiger partial charge in [-0.3, -0.25) is 4.79 Å². The van der Waals surface area contributed by atoms with Crippen LogP contribution in [0.15, 0.2) is 24.3 Å². The second-order valence-corrected chi connectivity index (χ2v) is 6.12. The first kappa shape index (κ1) is 14.3. The Kier molecular flexibility index (Phi) is 4.75. The van der Waals surface area contributed by atoms with Crippen LogP contribution in [0.2, 0.25) is 0 Å². The molecule has 19 heavy (non-hydrogen) atoms. The Hall–Kier alpha value is -1.16. The smallest absolute Gasteiger partial charge is 0.245 e. The first-order valence-electron chi connectivity index (χ1n) is 6.73. The summed E-state index contributed by atoms with van der Waals surface area (Å²) < 4.78 is 0. The molecule has 2 rings (SSSR count). The van der Waals surface area contributed by atoms with Crippen LogP contribution in [0.4, 0.5) is 5.69 Å². The Morgan fingerprint density at radius 3 is 2.95 bits per heavy atom. The van der Waals surface area contributed by atoms with E-state index >= 15 is 0 Å². The first-order chi connectivity index (χ1) is 9.13. The molecule has 1 aliphatic heterocycles. The fourth-order valence-electron chi connectivity index (χ4n) is 2.39. The highest BCUT2D eigenvalue weighted by atomic mass is 32.2. The summed E-state index contributed by atoms with van der Waals surface area (Å²) in [6.45, 7) is 2.12. The molecule has 0 bridgehead atoms. The molecule has 104 valence electrons. The maximum atomic E-state index is 12.5. The van der Waals surface area contributed by atoms with E-state index in [1.807, 2.05) is 41.9 Å². The minimum absolute atomic E-state index is 0.0980. The zero-order valence-corrected chi connectivity index (χ0v) is 12.7. The van der Waals surface area contributed by atoms with Crippen molar-refractivity contribution in [1.29, 1.82) is 0 Å². The Bertz CT molecular complexity index is 425. The number of carbonyl (C=O) groups excluding carboxylic acids is 1. The lowest BCUT2D eigenvalue weighted by molar-refractivity contribution is -0.132. The average molecular weight is 278 g/mol. The topological polar surface area (TPSA) is 32.3 Å². The van der Waals surface area contributed by atoms with Gasteiger partial charge in [-0.25, -0.2) is 0 Å². The third-order valence-electron chi connectivity index (χ3n) is 3.82. The first-order valence-corrected chi connectivity index (χ1v) is 8.13. The molecule has 1 N–H and O–H groups in total. The number of fused-ring (bicyclic) bond motifs is 1. The van der Waals surface area contributed by atoms with Gasteiger partial charge < -0.3 is 10.2 Å². The SMILES string of the molecule is CSCCC(C)N(C)C(=O)C1Cc2ccccc2N1. The highest BCUT2D eigenvalue weighted by Gasteiger charge is 2.29. The third-order valence-corrected chi connectivity index (χ3v) is 4.46. The second-order valence-electron chi connectivity index (χ2n) is 5.14. The molecule has 0 aliphatic carbocycles. The lowest BCUT2D eigenvalue weighted by Crippen LogP contribution is -2.44. The molecule has 0 fully saturated rings. The van der Waals surface area contributed by atoms with Crippen LogP contribution in [0.5, 0.6) is 0 Å². The minimum Gasteiger partial charge on any atom is -0.373 e. The lowest BCUT2D eigenvalue weighted by Gasteiger charge is -2.27. The Morgan fingerprint density at radius 2 is 2.26 bits per heavy atom. The Labute approximate surface area is 119 Å². The van der Waals surface area contributed by atoms with Crippen LogP contribution in [0, 0.1) is 0 Å². The number of thioether (sulfide) groups is 1. The molecule has 0 saturated heterocycles. The number of amides is 1. The van der Waals surface area contributed by atoms with Gasteiger partial charge in [0.05, 0.1) is 0 Å². The normalized spacial score (nSPS) is 18.6. The molecule has 0 spiro atoms. The van der Waals surface area contributed by atoms with E-state index in [4.69, 9.17) is 0 Å². The van der Waals surface area contributed by atoms with E-state index in [9.17, 15) is 4.79 Å². The van der Waals surface area contributed by atoms with E-state index in [-0.39, 0.29) is 11.9 Å². The number of benzene rings is 1. The van der Waals surface area contributed by atoms with E-state index < -0.39 is 0 Å². The highest BCUT2D eigenvalue weighted by molar-refractivity contribution is 7.98. The lowest BCUT2D eigenvalue weighted by atomic mass is 10.1. The van der Waals surface area contributed by atoms with Crippen molar-refractivity contribution in [1.82, 2.24) is 4.90 Å². The van der Waals surface area contributed by atoms with Gasteiger partial charge in [-0.05, 0) is 37.0 Å². The summed E-state index contributed by atoms with van der Waals surface area (Å²) in [7, 11) is 1.91. The van der Waals surface area contributed by atoms with Crippen molar-refractivity contribution in [3.8, 4) is 0 Å². The molecular formula is C15H22N2OS. The molecule has 4 heteroatoms. The van der Waals surface area contributed by atoms with E-state index in [0.29, 0.717) is 6.04 Å². The molecule has 1 aliphatic rings. The van der Waals surface area contributed by atoms with Gasteiger partial charge in [-0.1, -0.05) is 18.2 Å². The van der Waals surface area contributed by atoms with Crippen LogP contribution in [-0.4, -0.2) is 41.9 Å². The highest BCUT2D eigenvalue weighted by Crippen LogP contribution is 2.26. The molecule has 2 unspecified atom stereocenters. The molecule has 3 nitrogen and oxygen atoms in total. The number of anilines is 1. The van der Waals surface area contributed by atoms with E-state index in [2.05, 4.69) is 24.6 Å². The van der Waals surface area contributed by atoms with Gasteiger partial charge in [0.1, 0.15) is 6.04 Å². The molecule has 0 aromatic heterocycles. The van der Waals surface area contributed by atoms with Crippen LogP contribution in [0.3, 0.4) is 0 Å². The predicted octanol–water partition coefficient (Wildman–Crippen LogP) is 2.62. The number of nitrogens with zero attached hydrogens (tertiary/aromatic N) is 1. The quantitative estimate of drug-likeness (QED) is 0.898. The van der Waals surface area contributed by atoms with Gasteiger partial charge in [0.15, 0.2) is 0 Å². The van der Waals surface area contributed by atoms with E-state index in [1.165, 1.54) is 5.56 Å². The molecule has 1 aromatic rings. The van der Waals surface area contributed by atoms with E-state index in [0.717, 1.165) is 24.3 Å². The number of likely N-dealkylation sites (N-methyl/N-ethyl adjacent to an activating group) is 1. The van der Waals surface area contributed by atoms with Crippen LogP contribution in [0.25, 0.3) is 0 Å². The molecule has 2 atom stereocenters. The maximum Gasteiger partial charge on any atom is 0.245 e. The standard InChI is InChI=1S/C15H22N2OS/c1-11(8-9-19-3)17(2)15(18)14-10-12-6-4-5-7-13(12)16-14/h4-7,11,14,16H,8-10H2,1-3H3. The number of nitrogens with one attached hydrogen (secondary N) is 1. The zero-order chi connectivity index (χ0) is 13.8. The van der Waals surface area contributed by atoms with Gasteiger partial charge in [-0.15, -0.1) is 0 Å². The Balaban J connectivity index is 1.95. The summed E-state index contributed by atoms with van der Waals surface area (Å²) >= 11 is 1.83. The summed E-state index contributed by atoms with van der Waals surface area (Å²) in [4.78, 5) is 14.4. The Morgan fingerprint density at radius 1 is 1.53 bits per heavy atom. The van der Waals surface area contributed by atoms with Gasteiger partial charge >= 0.3 is 0 Å². The van der Waals surface area contributed by atoms with Crippen molar-refractivity contribution >= 4 is 23.4 Å². The van der Waals surface area contributed by atoms with Gasteiger partial charge in [-0.2, -0.15) is 11.8 Å². The second kappa shape index (κ2) is 6.33.